The highest BCUT2D eigenvalue weighted by Crippen LogP contribution is 2.12. The molecular formula is C13H22N4O. The fourth-order valence-corrected chi connectivity index (χ4v) is 1.51. The summed E-state index contributed by atoms with van der Waals surface area (Å²) in [5, 5.41) is 2.88. The average molecular weight is 250 g/mol. The third-order valence-corrected chi connectivity index (χ3v) is 2.96. The number of rotatable bonds is 6. The number of hydrazine groups is 1. The molecule has 1 aromatic rings. The molecule has 18 heavy (non-hydrogen) atoms. The minimum Gasteiger partial charge on any atom is -0.351 e. The summed E-state index contributed by atoms with van der Waals surface area (Å²) in [6.07, 6.45) is 0. The van der Waals surface area contributed by atoms with E-state index >= 15 is 0 Å². The number of para-hydroxylation sites is 1. The highest BCUT2D eigenvalue weighted by molar-refractivity contribution is 5.99. The van der Waals surface area contributed by atoms with Crippen LogP contribution < -0.4 is 16.6 Å². The van der Waals surface area contributed by atoms with E-state index in [2.05, 4.69) is 29.5 Å². The average Bonchev–Trinajstić information content (AvgIpc) is 2.38. The molecule has 1 amide bonds. The topological polar surface area (TPSA) is 70.4 Å². The summed E-state index contributed by atoms with van der Waals surface area (Å²) in [5.74, 6) is 5.26. The van der Waals surface area contributed by atoms with Crippen LogP contribution >= 0.6 is 0 Å². The number of nitrogens with zero attached hydrogens (tertiary/aromatic N) is 1. The number of hydrogen-bond acceptors (Lipinski definition) is 4. The molecule has 0 saturated heterocycles. The second-order valence-corrected chi connectivity index (χ2v) is 4.52. The Labute approximate surface area is 108 Å². The molecule has 5 nitrogen and oxygen atoms in total. The zero-order chi connectivity index (χ0) is 13.5. The van der Waals surface area contributed by atoms with Crippen LogP contribution in [0.25, 0.3) is 0 Å². The van der Waals surface area contributed by atoms with Crippen LogP contribution in [0.2, 0.25) is 0 Å². The van der Waals surface area contributed by atoms with Crippen LogP contribution in [0.4, 0.5) is 5.69 Å². The first-order valence-electron chi connectivity index (χ1n) is 6.10. The van der Waals surface area contributed by atoms with Crippen LogP contribution in [-0.2, 0) is 0 Å². The summed E-state index contributed by atoms with van der Waals surface area (Å²) < 4.78 is 0. The van der Waals surface area contributed by atoms with Crippen LogP contribution in [-0.4, -0.2) is 37.0 Å². The maximum atomic E-state index is 12.0. The molecule has 0 aliphatic carbocycles. The van der Waals surface area contributed by atoms with Crippen molar-refractivity contribution in [3.63, 3.8) is 0 Å². The smallest absolute Gasteiger partial charge is 0.253 e. The van der Waals surface area contributed by atoms with Gasteiger partial charge in [0, 0.05) is 19.1 Å². The summed E-state index contributed by atoms with van der Waals surface area (Å²) in [6, 6.07) is 7.64. The molecule has 0 unspecified atom stereocenters. The van der Waals surface area contributed by atoms with E-state index in [4.69, 9.17) is 5.84 Å². The zero-order valence-electron chi connectivity index (χ0n) is 11.2. The van der Waals surface area contributed by atoms with Gasteiger partial charge < -0.3 is 15.6 Å². The summed E-state index contributed by atoms with van der Waals surface area (Å²) >= 11 is 0. The third kappa shape index (κ3) is 4.01. The first-order valence-corrected chi connectivity index (χ1v) is 6.10. The number of nitrogen functional groups attached to an aromatic ring is 1. The first-order chi connectivity index (χ1) is 8.56. The highest BCUT2D eigenvalue weighted by atomic mass is 16.1. The molecule has 0 radical (unpaired) electrons. The molecule has 0 atom stereocenters. The Bertz CT molecular complexity index is 392. The van der Waals surface area contributed by atoms with Crippen molar-refractivity contribution in [3.8, 4) is 0 Å². The fraction of sp³-hybridized carbons (Fsp3) is 0.462. The van der Waals surface area contributed by atoms with Gasteiger partial charge in [0.25, 0.3) is 5.91 Å². The Morgan fingerprint density at radius 3 is 2.67 bits per heavy atom. The van der Waals surface area contributed by atoms with Crippen LogP contribution in [0.5, 0.6) is 0 Å². The van der Waals surface area contributed by atoms with Crippen molar-refractivity contribution in [1.82, 2.24) is 10.2 Å². The van der Waals surface area contributed by atoms with Gasteiger partial charge in [0.15, 0.2) is 0 Å². The minimum atomic E-state index is -0.110. The van der Waals surface area contributed by atoms with E-state index in [-0.39, 0.29) is 5.91 Å². The summed E-state index contributed by atoms with van der Waals surface area (Å²) in [5.41, 5.74) is 3.72. The molecule has 0 aliphatic rings. The Morgan fingerprint density at radius 1 is 1.39 bits per heavy atom. The Hall–Kier alpha value is -1.59. The Kier molecular flexibility index (Phi) is 5.61. The van der Waals surface area contributed by atoms with Gasteiger partial charge in [0.1, 0.15) is 0 Å². The number of carbonyl (C=O) groups is 1. The summed E-state index contributed by atoms with van der Waals surface area (Å²) in [4.78, 5) is 14.1. The van der Waals surface area contributed by atoms with Gasteiger partial charge in [-0.1, -0.05) is 12.1 Å². The van der Waals surface area contributed by atoms with E-state index in [0.29, 0.717) is 23.8 Å². The molecule has 5 heteroatoms. The van der Waals surface area contributed by atoms with Crippen LogP contribution in [0.1, 0.15) is 24.2 Å². The normalized spacial score (nSPS) is 10.8. The SMILES string of the molecule is CC(C)N(C)CCNC(=O)c1ccccc1NN. The van der Waals surface area contributed by atoms with E-state index in [1.165, 1.54) is 0 Å². The van der Waals surface area contributed by atoms with Gasteiger partial charge in [-0.05, 0) is 33.0 Å². The molecule has 0 saturated carbocycles. The van der Waals surface area contributed by atoms with Crippen molar-refractivity contribution in [3.05, 3.63) is 29.8 Å². The van der Waals surface area contributed by atoms with Crippen molar-refractivity contribution >= 4 is 11.6 Å². The van der Waals surface area contributed by atoms with Gasteiger partial charge in [0.05, 0.1) is 11.3 Å². The van der Waals surface area contributed by atoms with Gasteiger partial charge in [-0.2, -0.15) is 0 Å². The standard InChI is InChI=1S/C13H22N4O/c1-10(2)17(3)9-8-15-13(18)11-6-4-5-7-12(11)16-14/h4-7,10,16H,8-9,14H2,1-3H3,(H,15,18). The van der Waals surface area contributed by atoms with Gasteiger partial charge >= 0.3 is 0 Å². The van der Waals surface area contributed by atoms with Crippen LogP contribution in [0.3, 0.4) is 0 Å². The first kappa shape index (κ1) is 14.5. The van der Waals surface area contributed by atoms with E-state index in [1.54, 1.807) is 12.1 Å². The van der Waals surface area contributed by atoms with Crippen LogP contribution in [0, 0.1) is 0 Å². The number of amides is 1. The van der Waals surface area contributed by atoms with Gasteiger partial charge in [-0.3, -0.25) is 10.6 Å². The number of carbonyl (C=O) groups excluding carboxylic acids is 1. The summed E-state index contributed by atoms with van der Waals surface area (Å²) in [7, 11) is 2.03. The molecule has 0 bridgehead atoms. The number of nitrogens with two attached hydrogens (primary N) is 1. The number of likely N-dealkylation sites (N-methyl/N-ethyl adjacent to an activating group) is 1. The van der Waals surface area contributed by atoms with Gasteiger partial charge in [0.2, 0.25) is 0 Å². The molecule has 0 spiro atoms. The van der Waals surface area contributed by atoms with E-state index < -0.39 is 0 Å². The lowest BCUT2D eigenvalue weighted by Crippen LogP contribution is -2.36. The van der Waals surface area contributed by atoms with Crippen LogP contribution in [0.15, 0.2) is 24.3 Å². The second-order valence-electron chi connectivity index (χ2n) is 4.52. The Morgan fingerprint density at radius 2 is 2.06 bits per heavy atom. The maximum Gasteiger partial charge on any atom is 0.253 e. The minimum absolute atomic E-state index is 0.110. The van der Waals surface area contributed by atoms with Crippen molar-refractivity contribution in [2.45, 2.75) is 19.9 Å². The van der Waals surface area contributed by atoms with E-state index in [0.717, 1.165) is 6.54 Å². The van der Waals surface area contributed by atoms with E-state index in [9.17, 15) is 4.79 Å². The number of anilines is 1. The largest absolute Gasteiger partial charge is 0.351 e. The number of nitrogens with one attached hydrogen (secondary N) is 2. The van der Waals surface area contributed by atoms with Crippen molar-refractivity contribution in [2.24, 2.45) is 5.84 Å². The van der Waals surface area contributed by atoms with Gasteiger partial charge in [-0.15, -0.1) is 0 Å². The van der Waals surface area contributed by atoms with Crippen molar-refractivity contribution < 1.29 is 4.79 Å². The Balaban J connectivity index is 2.50. The summed E-state index contributed by atoms with van der Waals surface area (Å²) in [6.45, 7) is 5.68. The number of hydrogen-bond donors (Lipinski definition) is 3. The van der Waals surface area contributed by atoms with E-state index in [1.807, 2.05) is 19.2 Å². The van der Waals surface area contributed by atoms with Crippen molar-refractivity contribution in [2.75, 3.05) is 25.6 Å². The predicted octanol–water partition coefficient (Wildman–Crippen LogP) is 1.04. The number of benzene rings is 1. The zero-order valence-corrected chi connectivity index (χ0v) is 11.2. The molecule has 0 heterocycles. The monoisotopic (exact) mass is 250 g/mol. The lowest BCUT2D eigenvalue weighted by molar-refractivity contribution is 0.0949. The second kappa shape index (κ2) is 6.98. The molecular weight excluding hydrogens is 228 g/mol. The third-order valence-electron chi connectivity index (χ3n) is 2.96. The molecule has 0 aromatic heterocycles. The maximum absolute atomic E-state index is 12.0. The molecule has 0 aliphatic heterocycles. The lowest BCUT2D eigenvalue weighted by atomic mass is 10.1. The van der Waals surface area contributed by atoms with Crippen molar-refractivity contribution in [1.29, 1.82) is 0 Å². The van der Waals surface area contributed by atoms with Gasteiger partial charge in [-0.25, -0.2) is 0 Å². The molecule has 0 fully saturated rings. The molecule has 1 rings (SSSR count). The molecule has 4 N–H and O–H groups in total. The highest BCUT2D eigenvalue weighted by Gasteiger charge is 2.10. The lowest BCUT2D eigenvalue weighted by Gasteiger charge is -2.21. The molecule has 1 aromatic carbocycles. The fourth-order valence-electron chi connectivity index (χ4n) is 1.51. The predicted molar refractivity (Wildman–Crippen MR) is 74.4 cm³/mol. The quantitative estimate of drug-likeness (QED) is 0.521. The molecule has 100 valence electrons.